The molecule has 1 fully saturated rings. The fraction of sp³-hybridized carbons (Fsp3) is 0.458. The van der Waals surface area contributed by atoms with Gasteiger partial charge in [0.25, 0.3) is 0 Å². The van der Waals surface area contributed by atoms with E-state index in [2.05, 4.69) is 37.3 Å². The zero-order chi connectivity index (χ0) is 17.5. The van der Waals surface area contributed by atoms with Gasteiger partial charge in [0.05, 0.1) is 11.6 Å². The maximum Gasteiger partial charge on any atom is 0.0998 e. The maximum atomic E-state index is 9.29. The van der Waals surface area contributed by atoms with Crippen LogP contribution in [0.4, 0.5) is 0 Å². The summed E-state index contributed by atoms with van der Waals surface area (Å²) in [4.78, 5) is 0. The fourth-order valence-electron chi connectivity index (χ4n) is 4.23. The van der Waals surface area contributed by atoms with E-state index in [4.69, 9.17) is 0 Å². The summed E-state index contributed by atoms with van der Waals surface area (Å²) in [6.07, 6.45) is 11.0. The van der Waals surface area contributed by atoms with Crippen molar-refractivity contribution in [2.45, 2.75) is 64.2 Å². The molecule has 1 saturated carbocycles. The molecule has 0 radical (unpaired) electrons. The molecule has 0 N–H and O–H groups in total. The van der Waals surface area contributed by atoms with Gasteiger partial charge < -0.3 is 0 Å². The second-order valence-electron chi connectivity index (χ2n) is 7.49. The number of hydrogen-bond donors (Lipinski definition) is 0. The Labute approximate surface area is 152 Å². The van der Waals surface area contributed by atoms with Gasteiger partial charge in [-0.05, 0) is 60.3 Å². The quantitative estimate of drug-likeness (QED) is 0.519. The summed E-state index contributed by atoms with van der Waals surface area (Å²) in [6, 6.07) is 19.1. The third kappa shape index (κ3) is 4.51. The van der Waals surface area contributed by atoms with Crippen LogP contribution in [0.25, 0.3) is 11.1 Å². The first kappa shape index (κ1) is 17.7. The molecule has 0 aromatic heterocycles. The standard InChI is InChI=1S/C24H29N/c1-2-3-4-7-19-10-12-20(13-11-19)21-14-16-22(17-15-21)24-9-6-5-8-23(24)18-25/h5-6,8-9,14-17,19-20H,2-4,7,10-13H2,1H3. The predicted molar refractivity (Wildman–Crippen MR) is 105 cm³/mol. The predicted octanol–water partition coefficient (Wildman–Crippen LogP) is 7.08. The molecule has 1 aliphatic carbocycles. The maximum absolute atomic E-state index is 9.29. The van der Waals surface area contributed by atoms with E-state index < -0.39 is 0 Å². The highest BCUT2D eigenvalue weighted by atomic mass is 14.3. The lowest BCUT2D eigenvalue weighted by atomic mass is 9.77. The van der Waals surface area contributed by atoms with Gasteiger partial charge >= 0.3 is 0 Å². The monoisotopic (exact) mass is 331 g/mol. The second kappa shape index (κ2) is 8.86. The van der Waals surface area contributed by atoms with Crippen molar-refractivity contribution in [3.63, 3.8) is 0 Å². The Balaban J connectivity index is 1.61. The van der Waals surface area contributed by atoms with E-state index in [1.807, 2.05) is 24.3 Å². The van der Waals surface area contributed by atoms with E-state index >= 15 is 0 Å². The normalized spacial score (nSPS) is 20.2. The van der Waals surface area contributed by atoms with E-state index in [9.17, 15) is 5.26 Å². The highest BCUT2D eigenvalue weighted by molar-refractivity contribution is 5.70. The van der Waals surface area contributed by atoms with Gasteiger partial charge in [0, 0.05) is 0 Å². The van der Waals surface area contributed by atoms with Crippen LogP contribution in [0.2, 0.25) is 0 Å². The summed E-state index contributed by atoms with van der Waals surface area (Å²) in [6.45, 7) is 2.29. The molecule has 0 aliphatic heterocycles. The van der Waals surface area contributed by atoms with E-state index in [1.54, 1.807) is 0 Å². The van der Waals surface area contributed by atoms with Gasteiger partial charge in [-0.15, -0.1) is 0 Å². The minimum Gasteiger partial charge on any atom is -0.192 e. The van der Waals surface area contributed by atoms with Gasteiger partial charge in [0.2, 0.25) is 0 Å². The Morgan fingerprint density at radius 1 is 0.920 bits per heavy atom. The Kier molecular flexibility index (Phi) is 6.29. The molecule has 1 heteroatoms. The first-order valence-electron chi connectivity index (χ1n) is 9.91. The Hall–Kier alpha value is -2.07. The van der Waals surface area contributed by atoms with Crippen LogP contribution in [-0.2, 0) is 0 Å². The third-order valence-corrected chi connectivity index (χ3v) is 5.80. The summed E-state index contributed by atoms with van der Waals surface area (Å²) in [5.74, 6) is 1.69. The fourth-order valence-corrected chi connectivity index (χ4v) is 4.23. The van der Waals surface area contributed by atoms with Crippen molar-refractivity contribution in [1.29, 1.82) is 5.26 Å². The first-order chi connectivity index (χ1) is 12.3. The zero-order valence-corrected chi connectivity index (χ0v) is 15.4. The Morgan fingerprint density at radius 3 is 2.32 bits per heavy atom. The zero-order valence-electron chi connectivity index (χ0n) is 15.4. The molecule has 0 bridgehead atoms. The summed E-state index contributed by atoms with van der Waals surface area (Å²) >= 11 is 0. The number of nitriles is 1. The van der Waals surface area contributed by atoms with Gasteiger partial charge in [0.15, 0.2) is 0 Å². The van der Waals surface area contributed by atoms with Crippen molar-refractivity contribution in [2.24, 2.45) is 5.92 Å². The van der Waals surface area contributed by atoms with Crippen LogP contribution in [0.15, 0.2) is 48.5 Å². The molecule has 3 rings (SSSR count). The Bertz CT molecular complexity index is 700. The van der Waals surface area contributed by atoms with E-state index in [-0.39, 0.29) is 0 Å². The van der Waals surface area contributed by atoms with Gasteiger partial charge in [-0.2, -0.15) is 5.26 Å². The summed E-state index contributed by atoms with van der Waals surface area (Å²) in [5, 5.41) is 9.29. The van der Waals surface area contributed by atoms with Crippen molar-refractivity contribution < 1.29 is 0 Å². The van der Waals surface area contributed by atoms with Crippen molar-refractivity contribution in [2.75, 3.05) is 0 Å². The molecule has 0 unspecified atom stereocenters. The number of nitrogens with zero attached hydrogens (tertiary/aromatic N) is 1. The number of rotatable bonds is 6. The average Bonchev–Trinajstić information content (AvgIpc) is 2.69. The van der Waals surface area contributed by atoms with Gasteiger partial charge in [-0.1, -0.05) is 75.1 Å². The Morgan fingerprint density at radius 2 is 1.64 bits per heavy atom. The molecule has 0 amide bonds. The minimum atomic E-state index is 0.725. The minimum absolute atomic E-state index is 0.725. The van der Waals surface area contributed by atoms with Crippen molar-refractivity contribution in [1.82, 2.24) is 0 Å². The largest absolute Gasteiger partial charge is 0.192 e. The van der Waals surface area contributed by atoms with E-state index in [1.165, 1.54) is 56.9 Å². The molecule has 1 aliphatic rings. The van der Waals surface area contributed by atoms with Crippen LogP contribution in [0.3, 0.4) is 0 Å². The van der Waals surface area contributed by atoms with E-state index in [0.29, 0.717) is 0 Å². The summed E-state index contributed by atoms with van der Waals surface area (Å²) in [5.41, 5.74) is 4.42. The molecular weight excluding hydrogens is 302 g/mol. The lowest BCUT2D eigenvalue weighted by molar-refractivity contribution is 0.303. The molecule has 2 aromatic rings. The molecule has 0 heterocycles. The van der Waals surface area contributed by atoms with Crippen LogP contribution in [-0.4, -0.2) is 0 Å². The molecule has 130 valence electrons. The smallest absolute Gasteiger partial charge is 0.0998 e. The van der Waals surface area contributed by atoms with Crippen molar-refractivity contribution in [3.8, 4) is 17.2 Å². The highest BCUT2D eigenvalue weighted by Gasteiger charge is 2.22. The number of hydrogen-bond acceptors (Lipinski definition) is 1. The molecule has 25 heavy (non-hydrogen) atoms. The van der Waals surface area contributed by atoms with Gasteiger partial charge in [-0.3, -0.25) is 0 Å². The highest BCUT2D eigenvalue weighted by Crippen LogP contribution is 2.38. The van der Waals surface area contributed by atoms with Crippen LogP contribution in [0, 0.1) is 17.2 Å². The molecule has 1 nitrogen and oxygen atoms in total. The van der Waals surface area contributed by atoms with Crippen molar-refractivity contribution >= 4 is 0 Å². The third-order valence-electron chi connectivity index (χ3n) is 5.80. The molecule has 0 spiro atoms. The first-order valence-corrected chi connectivity index (χ1v) is 9.91. The molecular formula is C24H29N. The second-order valence-corrected chi connectivity index (χ2v) is 7.49. The number of unbranched alkanes of at least 4 members (excludes halogenated alkanes) is 2. The molecule has 2 aromatic carbocycles. The van der Waals surface area contributed by atoms with Crippen LogP contribution in [0.1, 0.15) is 75.3 Å². The number of benzene rings is 2. The van der Waals surface area contributed by atoms with Gasteiger partial charge in [-0.25, -0.2) is 0 Å². The van der Waals surface area contributed by atoms with Crippen LogP contribution >= 0.6 is 0 Å². The summed E-state index contributed by atoms with van der Waals surface area (Å²) < 4.78 is 0. The topological polar surface area (TPSA) is 23.8 Å². The summed E-state index contributed by atoms with van der Waals surface area (Å²) in [7, 11) is 0. The van der Waals surface area contributed by atoms with Gasteiger partial charge in [0.1, 0.15) is 0 Å². The molecule has 0 atom stereocenters. The van der Waals surface area contributed by atoms with E-state index in [0.717, 1.165) is 28.5 Å². The van der Waals surface area contributed by atoms with Crippen LogP contribution in [0.5, 0.6) is 0 Å². The lowest BCUT2D eigenvalue weighted by Crippen LogP contribution is -2.13. The average molecular weight is 332 g/mol. The lowest BCUT2D eigenvalue weighted by Gasteiger charge is -2.29. The van der Waals surface area contributed by atoms with Crippen molar-refractivity contribution in [3.05, 3.63) is 59.7 Å². The molecule has 0 saturated heterocycles. The SMILES string of the molecule is CCCCCC1CCC(c2ccc(-c3ccccc3C#N)cc2)CC1. The van der Waals surface area contributed by atoms with Crippen LogP contribution < -0.4 is 0 Å².